The number of aryl methyl sites for hydroxylation is 2. The molecule has 2 aromatic rings. The van der Waals surface area contributed by atoms with Crippen LogP contribution < -0.4 is 9.62 Å². The number of rotatable bonds is 11. The Morgan fingerprint density at radius 1 is 1.03 bits per heavy atom. The van der Waals surface area contributed by atoms with E-state index in [2.05, 4.69) is 5.32 Å². The first-order valence-electron chi connectivity index (χ1n) is 11.8. The molecule has 0 saturated carbocycles. The molecule has 2 amide bonds. The lowest BCUT2D eigenvalue weighted by molar-refractivity contribution is -0.140. The molecule has 0 fully saturated rings. The summed E-state index contributed by atoms with van der Waals surface area (Å²) in [6.07, 6.45) is 2.19. The molecule has 9 heteroatoms. The van der Waals surface area contributed by atoms with Crippen LogP contribution in [0.25, 0.3) is 0 Å². The maximum Gasteiger partial charge on any atom is 0.244 e. The van der Waals surface area contributed by atoms with Gasteiger partial charge in [-0.2, -0.15) is 0 Å². The van der Waals surface area contributed by atoms with Crippen molar-refractivity contribution < 1.29 is 18.0 Å². The van der Waals surface area contributed by atoms with Crippen molar-refractivity contribution in [1.82, 2.24) is 10.2 Å². The summed E-state index contributed by atoms with van der Waals surface area (Å²) >= 11 is 6.23. The van der Waals surface area contributed by atoms with Crippen molar-refractivity contribution in [3.05, 3.63) is 64.2 Å². The van der Waals surface area contributed by atoms with Crippen molar-refractivity contribution in [3.63, 3.8) is 0 Å². The third-order valence-corrected chi connectivity index (χ3v) is 7.53. The van der Waals surface area contributed by atoms with Crippen LogP contribution in [0.2, 0.25) is 5.02 Å². The van der Waals surface area contributed by atoms with Gasteiger partial charge in [0, 0.05) is 17.6 Å². The number of anilines is 1. The molecule has 2 atom stereocenters. The quantitative estimate of drug-likeness (QED) is 0.473. The third-order valence-electron chi connectivity index (χ3n) is 5.98. The van der Waals surface area contributed by atoms with Gasteiger partial charge in [-0.25, -0.2) is 8.42 Å². The average molecular weight is 522 g/mol. The molecule has 7 nitrogen and oxygen atoms in total. The van der Waals surface area contributed by atoms with Gasteiger partial charge in [-0.15, -0.1) is 0 Å². The minimum absolute atomic E-state index is 0.0462. The third kappa shape index (κ3) is 7.97. The largest absolute Gasteiger partial charge is 0.352 e. The average Bonchev–Trinajstić information content (AvgIpc) is 2.79. The fourth-order valence-corrected chi connectivity index (χ4v) is 4.62. The van der Waals surface area contributed by atoms with E-state index in [1.54, 1.807) is 12.1 Å². The molecule has 2 rings (SSSR count). The number of sulfonamides is 1. The molecule has 0 unspecified atom stereocenters. The van der Waals surface area contributed by atoms with Crippen LogP contribution in [0.5, 0.6) is 0 Å². The van der Waals surface area contributed by atoms with Crippen molar-refractivity contribution in [1.29, 1.82) is 0 Å². The molecule has 0 spiro atoms. The second-order valence-corrected chi connectivity index (χ2v) is 11.3. The van der Waals surface area contributed by atoms with Crippen LogP contribution in [0, 0.1) is 13.8 Å². The minimum atomic E-state index is -3.80. The predicted octanol–water partition coefficient (Wildman–Crippen LogP) is 4.44. The molecular weight excluding hydrogens is 486 g/mol. The van der Waals surface area contributed by atoms with Gasteiger partial charge in [0.15, 0.2) is 0 Å². The molecule has 0 radical (unpaired) electrons. The Morgan fingerprint density at radius 2 is 1.66 bits per heavy atom. The zero-order valence-corrected chi connectivity index (χ0v) is 22.9. The van der Waals surface area contributed by atoms with Crippen molar-refractivity contribution >= 4 is 39.1 Å². The summed E-state index contributed by atoms with van der Waals surface area (Å²) in [4.78, 5) is 28.2. The summed E-state index contributed by atoms with van der Waals surface area (Å²) in [5.74, 6) is -0.731. The summed E-state index contributed by atoms with van der Waals surface area (Å²) in [6.45, 7) is 9.23. The zero-order chi connectivity index (χ0) is 26.3. The highest BCUT2D eigenvalue weighted by Gasteiger charge is 2.32. The van der Waals surface area contributed by atoms with Gasteiger partial charge in [-0.05, 0) is 56.9 Å². The Kier molecular flexibility index (Phi) is 10.2. The van der Waals surface area contributed by atoms with Gasteiger partial charge in [-0.3, -0.25) is 13.9 Å². The van der Waals surface area contributed by atoms with Crippen LogP contribution in [0.3, 0.4) is 0 Å². The van der Waals surface area contributed by atoms with E-state index in [4.69, 9.17) is 11.6 Å². The van der Waals surface area contributed by atoms with Gasteiger partial charge in [0.1, 0.15) is 12.6 Å². The Balaban J connectivity index is 2.45. The van der Waals surface area contributed by atoms with Crippen LogP contribution in [0.4, 0.5) is 5.69 Å². The molecular formula is C26H36ClN3O4S. The van der Waals surface area contributed by atoms with Gasteiger partial charge in [0.2, 0.25) is 21.8 Å². The monoisotopic (exact) mass is 521 g/mol. The molecule has 0 aliphatic carbocycles. The number of carbonyl (C=O) groups is 2. The molecule has 2 aromatic carbocycles. The first kappa shape index (κ1) is 28.7. The van der Waals surface area contributed by atoms with E-state index in [0.717, 1.165) is 33.7 Å². The van der Waals surface area contributed by atoms with E-state index in [1.165, 1.54) is 11.0 Å². The Labute approximate surface area is 214 Å². The molecule has 0 bridgehead atoms. The molecule has 0 aliphatic rings. The molecule has 1 N–H and O–H groups in total. The van der Waals surface area contributed by atoms with Gasteiger partial charge < -0.3 is 10.2 Å². The van der Waals surface area contributed by atoms with Crippen LogP contribution in [-0.4, -0.2) is 50.0 Å². The SMILES string of the molecule is CC[C@H](C)NC(=O)[C@H](CC)N(Cc1ccc(C)cc1)C(=O)CN(c1ccc(C)c(Cl)c1)S(C)(=O)=O. The van der Waals surface area contributed by atoms with E-state index in [0.29, 0.717) is 17.1 Å². The molecule has 0 aromatic heterocycles. The van der Waals surface area contributed by atoms with E-state index in [-0.39, 0.29) is 18.5 Å². The molecule has 0 saturated heterocycles. The number of hydrogen-bond donors (Lipinski definition) is 1. The number of hydrogen-bond acceptors (Lipinski definition) is 4. The summed E-state index contributed by atoms with van der Waals surface area (Å²) in [5, 5.41) is 3.36. The van der Waals surface area contributed by atoms with Crippen LogP contribution in [0.15, 0.2) is 42.5 Å². The number of benzene rings is 2. The normalized spacial score (nSPS) is 13.1. The second-order valence-electron chi connectivity index (χ2n) is 8.95. The fourth-order valence-electron chi connectivity index (χ4n) is 3.60. The standard InChI is InChI=1S/C26H36ClN3O4S/c1-7-20(5)28-26(32)24(8-2)29(16-21-12-9-18(3)10-13-21)25(31)17-30(35(6,33)34)22-14-11-19(4)23(27)15-22/h9-15,20,24H,7-8,16-17H2,1-6H3,(H,28,32)/t20-,24-/m0/s1. The lowest BCUT2D eigenvalue weighted by Gasteiger charge is -2.33. The van der Waals surface area contributed by atoms with Gasteiger partial charge in [0.05, 0.1) is 11.9 Å². The topological polar surface area (TPSA) is 86.8 Å². The molecule has 35 heavy (non-hydrogen) atoms. The highest BCUT2D eigenvalue weighted by Crippen LogP contribution is 2.25. The van der Waals surface area contributed by atoms with E-state index in [9.17, 15) is 18.0 Å². The number of amides is 2. The fraction of sp³-hybridized carbons (Fsp3) is 0.462. The zero-order valence-electron chi connectivity index (χ0n) is 21.3. The van der Waals surface area contributed by atoms with E-state index in [1.807, 2.05) is 58.9 Å². The minimum Gasteiger partial charge on any atom is -0.352 e. The maximum absolute atomic E-state index is 13.7. The summed E-state index contributed by atoms with van der Waals surface area (Å²) in [5.41, 5.74) is 3.02. The molecule has 192 valence electrons. The first-order valence-corrected chi connectivity index (χ1v) is 14.0. The Bertz CT molecular complexity index is 1140. The second kappa shape index (κ2) is 12.4. The van der Waals surface area contributed by atoms with Gasteiger partial charge in [-0.1, -0.05) is 61.3 Å². The van der Waals surface area contributed by atoms with E-state index < -0.39 is 28.5 Å². The van der Waals surface area contributed by atoms with Crippen molar-refractivity contribution in [2.45, 2.75) is 66.1 Å². The number of carbonyl (C=O) groups excluding carboxylic acids is 2. The Morgan fingerprint density at radius 3 is 2.17 bits per heavy atom. The summed E-state index contributed by atoms with van der Waals surface area (Å²) in [6, 6.07) is 11.8. The number of nitrogens with one attached hydrogen (secondary N) is 1. The molecule has 0 heterocycles. The first-order chi connectivity index (χ1) is 16.4. The van der Waals surface area contributed by atoms with Gasteiger partial charge in [0.25, 0.3) is 0 Å². The Hall–Kier alpha value is -2.58. The lowest BCUT2D eigenvalue weighted by Crippen LogP contribution is -2.53. The highest BCUT2D eigenvalue weighted by atomic mass is 35.5. The van der Waals surface area contributed by atoms with Crippen LogP contribution in [0.1, 0.15) is 50.3 Å². The number of nitrogens with zero attached hydrogens (tertiary/aromatic N) is 2. The predicted molar refractivity (Wildman–Crippen MR) is 142 cm³/mol. The van der Waals surface area contributed by atoms with Crippen molar-refractivity contribution in [2.24, 2.45) is 0 Å². The van der Waals surface area contributed by atoms with Crippen LogP contribution in [-0.2, 0) is 26.2 Å². The molecule has 0 aliphatic heterocycles. The van der Waals surface area contributed by atoms with Crippen molar-refractivity contribution in [2.75, 3.05) is 17.1 Å². The van der Waals surface area contributed by atoms with Crippen molar-refractivity contribution in [3.8, 4) is 0 Å². The smallest absolute Gasteiger partial charge is 0.244 e. The van der Waals surface area contributed by atoms with E-state index >= 15 is 0 Å². The number of halogens is 1. The van der Waals surface area contributed by atoms with Crippen LogP contribution >= 0.6 is 11.6 Å². The van der Waals surface area contributed by atoms with Gasteiger partial charge >= 0.3 is 0 Å². The lowest BCUT2D eigenvalue weighted by atomic mass is 10.1. The highest BCUT2D eigenvalue weighted by molar-refractivity contribution is 7.92. The summed E-state index contributed by atoms with van der Waals surface area (Å²) < 4.78 is 26.4. The maximum atomic E-state index is 13.7. The summed E-state index contributed by atoms with van der Waals surface area (Å²) in [7, 11) is -3.80.